The average molecular weight is 138 g/mol. The predicted octanol–water partition coefficient (Wildman–Crippen LogP) is 0.839. The first kappa shape index (κ1) is 6.49. The number of rotatable bonds is 0. The van der Waals surface area contributed by atoms with E-state index in [1.807, 2.05) is 0 Å². The van der Waals surface area contributed by atoms with Crippen molar-refractivity contribution >= 4 is 24.9 Å². The van der Waals surface area contributed by atoms with Crippen LogP contribution in [0.1, 0.15) is 0 Å². The number of phenolic OH excluding ortho intramolecular Hbond substituents is 1. The van der Waals surface area contributed by atoms with Crippen LogP contribution in [0.4, 0.5) is 0 Å². The van der Waals surface area contributed by atoms with Crippen LogP contribution in [-0.4, -0.2) is 13.0 Å². The van der Waals surface area contributed by atoms with Crippen LogP contribution in [0.2, 0.25) is 5.02 Å². The number of phenols is 1. The second-order valence-corrected chi connectivity index (χ2v) is 2.11. The average Bonchev–Trinajstić information content (AvgIpc) is 1.80. The fourth-order valence-electron chi connectivity index (χ4n) is 0.516. The molecule has 44 valence electrons. The van der Waals surface area contributed by atoms with Crippen molar-refractivity contribution in [1.29, 1.82) is 0 Å². The summed E-state index contributed by atoms with van der Waals surface area (Å²) in [5.74, 6) is 0.134. The number of benzene rings is 1. The van der Waals surface area contributed by atoms with Gasteiger partial charge in [0.25, 0.3) is 0 Å². The van der Waals surface area contributed by atoms with Crippen LogP contribution in [0.15, 0.2) is 18.2 Å². The maximum Gasteiger partial charge on any atom is 0.117 e. The number of hydrogen-bond acceptors (Lipinski definition) is 1. The first-order valence-corrected chi connectivity index (χ1v) is 2.82. The van der Waals surface area contributed by atoms with Crippen molar-refractivity contribution < 1.29 is 5.11 Å². The molecule has 1 aromatic rings. The highest BCUT2D eigenvalue weighted by atomic mass is 35.5. The highest BCUT2D eigenvalue weighted by molar-refractivity contribution is 6.45. The lowest BCUT2D eigenvalue weighted by atomic mass is 9.96. The van der Waals surface area contributed by atoms with Gasteiger partial charge in [0.2, 0.25) is 0 Å². The Morgan fingerprint density at radius 1 is 1.44 bits per heavy atom. The van der Waals surface area contributed by atoms with Gasteiger partial charge >= 0.3 is 0 Å². The van der Waals surface area contributed by atoms with E-state index in [0.29, 0.717) is 10.5 Å². The first-order chi connectivity index (χ1) is 4.20. The quantitative estimate of drug-likeness (QED) is 0.527. The molecule has 2 radical (unpaired) electrons. The maximum absolute atomic E-state index is 8.80. The molecule has 0 spiro atoms. The van der Waals surface area contributed by atoms with E-state index in [1.54, 1.807) is 6.07 Å². The molecule has 3 heteroatoms. The maximum atomic E-state index is 8.80. The summed E-state index contributed by atoms with van der Waals surface area (Å²) in [6.07, 6.45) is 0. The molecule has 0 aliphatic heterocycles. The summed E-state index contributed by atoms with van der Waals surface area (Å²) < 4.78 is 0. The summed E-state index contributed by atoms with van der Waals surface area (Å²) in [7, 11) is 5.35. The van der Waals surface area contributed by atoms with Gasteiger partial charge in [-0.05, 0) is 12.1 Å². The lowest BCUT2D eigenvalue weighted by molar-refractivity contribution is 0.475. The Hall–Kier alpha value is -0.625. The van der Waals surface area contributed by atoms with E-state index in [4.69, 9.17) is 24.6 Å². The molecule has 0 aromatic heterocycles. The van der Waals surface area contributed by atoms with Gasteiger partial charge in [-0.2, -0.15) is 0 Å². The molecule has 0 saturated carbocycles. The molecule has 0 fully saturated rings. The van der Waals surface area contributed by atoms with Crippen LogP contribution >= 0.6 is 11.6 Å². The zero-order valence-electron chi connectivity index (χ0n) is 4.63. The largest absolute Gasteiger partial charge is 0.508 e. The van der Waals surface area contributed by atoms with Gasteiger partial charge in [0.1, 0.15) is 13.6 Å². The highest BCUT2D eigenvalue weighted by Gasteiger charge is 1.92. The van der Waals surface area contributed by atoms with Crippen LogP contribution in [0, 0.1) is 0 Å². The van der Waals surface area contributed by atoms with Crippen LogP contribution in [-0.2, 0) is 0 Å². The van der Waals surface area contributed by atoms with Gasteiger partial charge in [0.15, 0.2) is 0 Å². The van der Waals surface area contributed by atoms with Gasteiger partial charge < -0.3 is 5.11 Å². The van der Waals surface area contributed by atoms with Crippen LogP contribution in [0.5, 0.6) is 5.75 Å². The Balaban J connectivity index is 3.17. The van der Waals surface area contributed by atoms with Crippen molar-refractivity contribution in [2.24, 2.45) is 0 Å². The minimum absolute atomic E-state index is 0.134. The molecular weight excluding hydrogens is 134 g/mol. The topological polar surface area (TPSA) is 20.2 Å². The van der Waals surface area contributed by atoms with Crippen LogP contribution in [0.3, 0.4) is 0 Å². The summed E-state index contributed by atoms with van der Waals surface area (Å²) in [6, 6.07) is 4.44. The molecule has 0 aliphatic carbocycles. The second kappa shape index (κ2) is 2.32. The van der Waals surface area contributed by atoms with Crippen molar-refractivity contribution in [2.45, 2.75) is 0 Å². The van der Waals surface area contributed by atoms with Gasteiger partial charge in [-0.3, -0.25) is 0 Å². The van der Waals surface area contributed by atoms with Crippen molar-refractivity contribution in [2.75, 3.05) is 0 Å². The van der Waals surface area contributed by atoms with E-state index in [1.165, 1.54) is 12.1 Å². The lowest BCUT2D eigenvalue weighted by Crippen LogP contribution is -2.01. The zero-order chi connectivity index (χ0) is 6.85. The number of halogens is 1. The minimum atomic E-state index is 0.134. The van der Waals surface area contributed by atoms with E-state index in [0.717, 1.165) is 0 Å². The number of hydrogen-bond donors (Lipinski definition) is 1. The predicted molar refractivity (Wildman–Crippen MR) is 38.5 cm³/mol. The third-order valence-electron chi connectivity index (χ3n) is 0.984. The summed E-state index contributed by atoms with van der Waals surface area (Å²) in [6.45, 7) is 0. The highest BCUT2D eigenvalue weighted by Crippen LogP contribution is 2.12. The molecule has 0 bridgehead atoms. The Bertz CT molecular complexity index is 224. The molecule has 0 heterocycles. The molecule has 1 aromatic carbocycles. The van der Waals surface area contributed by atoms with E-state index in [-0.39, 0.29) is 5.75 Å². The van der Waals surface area contributed by atoms with Crippen LogP contribution in [0.25, 0.3) is 0 Å². The molecule has 9 heavy (non-hydrogen) atoms. The van der Waals surface area contributed by atoms with E-state index in [2.05, 4.69) is 0 Å². The third-order valence-corrected chi connectivity index (χ3v) is 1.31. The van der Waals surface area contributed by atoms with Gasteiger partial charge in [0, 0.05) is 5.02 Å². The van der Waals surface area contributed by atoms with Crippen molar-refractivity contribution in [1.82, 2.24) is 0 Å². The molecule has 0 amide bonds. The molecular formula is C6H4BClO. The second-order valence-electron chi connectivity index (χ2n) is 1.71. The molecule has 1 nitrogen and oxygen atoms in total. The van der Waals surface area contributed by atoms with Gasteiger partial charge in [0.05, 0.1) is 0 Å². The fraction of sp³-hybridized carbons (Fsp3) is 0. The summed E-state index contributed by atoms with van der Waals surface area (Å²) in [4.78, 5) is 0. The van der Waals surface area contributed by atoms with Crippen molar-refractivity contribution in [3.63, 3.8) is 0 Å². The van der Waals surface area contributed by atoms with E-state index in [9.17, 15) is 0 Å². The monoisotopic (exact) mass is 138 g/mol. The Labute approximate surface area is 59.7 Å². The fourth-order valence-corrected chi connectivity index (χ4v) is 0.691. The van der Waals surface area contributed by atoms with Gasteiger partial charge in [-0.15, -0.1) is 0 Å². The molecule has 0 atom stereocenters. The molecule has 0 saturated heterocycles. The van der Waals surface area contributed by atoms with Crippen molar-refractivity contribution in [3.8, 4) is 5.75 Å². The molecule has 0 unspecified atom stereocenters. The normalized spacial score (nSPS) is 9.44. The third kappa shape index (κ3) is 1.39. The van der Waals surface area contributed by atoms with Crippen molar-refractivity contribution in [3.05, 3.63) is 23.2 Å². The summed E-state index contributed by atoms with van der Waals surface area (Å²) in [5.41, 5.74) is 0.481. The summed E-state index contributed by atoms with van der Waals surface area (Å²) >= 11 is 5.53. The van der Waals surface area contributed by atoms with Crippen LogP contribution < -0.4 is 5.46 Å². The van der Waals surface area contributed by atoms with Gasteiger partial charge in [-0.1, -0.05) is 23.1 Å². The minimum Gasteiger partial charge on any atom is -0.508 e. The smallest absolute Gasteiger partial charge is 0.117 e. The Kier molecular flexibility index (Phi) is 1.67. The number of aromatic hydroxyl groups is 1. The lowest BCUT2D eigenvalue weighted by Gasteiger charge is -1.95. The van der Waals surface area contributed by atoms with Gasteiger partial charge in [-0.25, -0.2) is 0 Å². The van der Waals surface area contributed by atoms with E-state index >= 15 is 0 Å². The Morgan fingerprint density at radius 2 is 2.11 bits per heavy atom. The molecule has 0 aliphatic rings. The SMILES string of the molecule is [B]c1ccc(O)cc1Cl. The Morgan fingerprint density at radius 3 is 2.56 bits per heavy atom. The zero-order valence-corrected chi connectivity index (χ0v) is 5.39. The molecule has 1 rings (SSSR count). The molecule has 1 N–H and O–H groups in total. The first-order valence-electron chi connectivity index (χ1n) is 2.44. The summed E-state index contributed by atoms with van der Waals surface area (Å²) in [5, 5.41) is 9.18. The van der Waals surface area contributed by atoms with E-state index < -0.39 is 0 Å². The standard InChI is InChI=1S/C6H4BClO/c7-5-2-1-4(9)3-6(5)8/h1-3,9H.